The van der Waals surface area contributed by atoms with E-state index in [0.29, 0.717) is 38.0 Å². The lowest BCUT2D eigenvalue weighted by molar-refractivity contribution is 0.0297. The van der Waals surface area contributed by atoms with Crippen molar-refractivity contribution in [1.29, 1.82) is 0 Å². The molecule has 0 radical (unpaired) electrons. The maximum atomic E-state index is 13.4. The molecule has 6 nitrogen and oxygen atoms in total. The summed E-state index contributed by atoms with van der Waals surface area (Å²) >= 11 is 0. The number of amides is 1. The van der Waals surface area contributed by atoms with Gasteiger partial charge in [0.05, 0.1) is 13.2 Å². The van der Waals surface area contributed by atoms with Crippen molar-refractivity contribution >= 4 is 5.91 Å². The van der Waals surface area contributed by atoms with Crippen LogP contribution in [0, 0.1) is 5.82 Å². The summed E-state index contributed by atoms with van der Waals surface area (Å²) in [7, 11) is 0. The van der Waals surface area contributed by atoms with E-state index in [9.17, 15) is 9.18 Å². The average Bonchev–Trinajstić information content (AvgIpc) is 3.12. The van der Waals surface area contributed by atoms with Gasteiger partial charge < -0.3 is 15.0 Å². The summed E-state index contributed by atoms with van der Waals surface area (Å²) in [5.41, 5.74) is 3.90. The second kappa shape index (κ2) is 9.05. The van der Waals surface area contributed by atoms with Gasteiger partial charge in [0.15, 0.2) is 5.69 Å². The quantitative estimate of drug-likeness (QED) is 0.808. The third-order valence-corrected chi connectivity index (χ3v) is 5.88. The Morgan fingerprint density at radius 2 is 2.17 bits per heavy atom. The number of carbonyl (C=O) groups is 1. The number of carbonyl (C=O) groups excluding carboxylic acids is 1. The molecule has 1 aromatic carbocycles. The highest BCUT2D eigenvalue weighted by molar-refractivity contribution is 5.94. The SMILES string of the molecule is CCn1nc(C(=O)N2CCOCC2)c2c1CC[C@H](NCCc1cccc(F)c1)C2. The van der Waals surface area contributed by atoms with Crippen molar-refractivity contribution in [2.45, 2.75) is 45.2 Å². The van der Waals surface area contributed by atoms with Crippen LogP contribution in [0.5, 0.6) is 0 Å². The Hall–Kier alpha value is -2.25. The topological polar surface area (TPSA) is 59.4 Å². The third-order valence-electron chi connectivity index (χ3n) is 5.88. The molecule has 2 aromatic rings. The lowest BCUT2D eigenvalue weighted by Crippen LogP contribution is -2.42. The number of nitrogens with zero attached hydrogens (tertiary/aromatic N) is 3. The van der Waals surface area contributed by atoms with E-state index in [1.165, 1.54) is 11.8 Å². The van der Waals surface area contributed by atoms with Crippen LogP contribution >= 0.6 is 0 Å². The third kappa shape index (κ3) is 4.51. The van der Waals surface area contributed by atoms with E-state index in [-0.39, 0.29) is 11.7 Å². The van der Waals surface area contributed by atoms with E-state index in [1.807, 2.05) is 15.6 Å². The molecule has 0 bridgehead atoms. The van der Waals surface area contributed by atoms with E-state index in [0.717, 1.165) is 49.9 Å². The van der Waals surface area contributed by atoms with Crippen molar-refractivity contribution in [3.8, 4) is 0 Å². The van der Waals surface area contributed by atoms with E-state index in [1.54, 1.807) is 12.1 Å². The smallest absolute Gasteiger partial charge is 0.274 e. The zero-order chi connectivity index (χ0) is 20.2. The zero-order valence-corrected chi connectivity index (χ0v) is 17.0. The van der Waals surface area contributed by atoms with E-state index in [2.05, 4.69) is 17.3 Å². The van der Waals surface area contributed by atoms with E-state index < -0.39 is 0 Å². The summed E-state index contributed by atoms with van der Waals surface area (Å²) in [6, 6.07) is 7.07. The first kappa shape index (κ1) is 20.0. The Morgan fingerprint density at radius 1 is 1.34 bits per heavy atom. The molecule has 7 heteroatoms. The monoisotopic (exact) mass is 400 g/mol. The van der Waals surface area contributed by atoms with Crippen LogP contribution < -0.4 is 5.32 Å². The van der Waals surface area contributed by atoms with Crippen LogP contribution in [0.15, 0.2) is 24.3 Å². The first-order valence-electron chi connectivity index (χ1n) is 10.6. The minimum absolute atomic E-state index is 0.0251. The number of hydrogen-bond donors (Lipinski definition) is 1. The van der Waals surface area contributed by atoms with Crippen LogP contribution in [-0.2, 0) is 30.5 Å². The van der Waals surface area contributed by atoms with Gasteiger partial charge in [-0.1, -0.05) is 12.1 Å². The molecule has 2 heterocycles. The minimum atomic E-state index is -0.192. The van der Waals surface area contributed by atoms with Crippen LogP contribution in [-0.4, -0.2) is 59.5 Å². The number of ether oxygens (including phenoxy) is 1. The average molecular weight is 400 g/mol. The lowest BCUT2D eigenvalue weighted by atomic mass is 9.91. The molecule has 1 aromatic heterocycles. The van der Waals surface area contributed by atoms with Crippen molar-refractivity contribution in [3.05, 3.63) is 52.6 Å². The molecule has 1 saturated heterocycles. The molecule has 2 aliphatic rings. The van der Waals surface area contributed by atoms with Gasteiger partial charge in [-0.25, -0.2) is 4.39 Å². The molecule has 1 N–H and O–H groups in total. The van der Waals surface area contributed by atoms with Crippen LogP contribution in [0.3, 0.4) is 0 Å². The summed E-state index contributed by atoms with van der Waals surface area (Å²) in [5, 5.41) is 8.27. The number of hydrogen-bond acceptors (Lipinski definition) is 4. The fourth-order valence-electron chi connectivity index (χ4n) is 4.32. The van der Waals surface area contributed by atoms with E-state index >= 15 is 0 Å². The summed E-state index contributed by atoms with van der Waals surface area (Å²) in [6.45, 7) is 6.07. The highest BCUT2D eigenvalue weighted by Gasteiger charge is 2.31. The molecular weight excluding hydrogens is 371 g/mol. The molecule has 0 saturated carbocycles. The van der Waals surface area contributed by atoms with Gasteiger partial charge >= 0.3 is 0 Å². The summed E-state index contributed by atoms with van der Waals surface area (Å²) in [6.07, 6.45) is 3.54. The Balaban J connectivity index is 1.43. The van der Waals surface area contributed by atoms with Crippen molar-refractivity contribution < 1.29 is 13.9 Å². The van der Waals surface area contributed by atoms with Crippen molar-refractivity contribution in [2.75, 3.05) is 32.8 Å². The van der Waals surface area contributed by atoms with Gasteiger partial charge in [0.2, 0.25) is 0 Å². The van der Waals surface area contributed by atoms with Crippen molar-refractivity contribution in [3.63, 3.8) is 0 Å². The number of halogens is 1. The fraction of sp³-hybridized carbons (Fsp3) is 0.545. The standard InChI is InChI=1S/C22H29FN4O2/c1-2-27-20-7-6-18(24-9-8-16-4-3-5-17(23)14-16)15-19(20)21(25-27)22(28)26-10-12-29-13-11-26/h3-5,14,18,24H,2,6-13,15H2,1H3/t18-/m0/s1. The highest BCUT2D eigenvalue weighted by Crippen LogP contribution is 2.26. The van der Waals surface area contributed by atoms with Crippen LogP contribution in [0.2, 0.25) is 0 Å². The van der Waals surface area contributed by atoms with E-state index in [4.69, 9.17) is 4.74 Å². The molecule has 29 heavy (non-hydrogen) atoms. The molecule has 1 aliphatic heterocycles. The number of morpholine rings is 1. The van der Waals surface area contributed by atoms with Crippen molar-refractivity contribution in [2.24, 2.45) is 0 Å². The molecule has 4 rings (SSSR count). The number of nitrogens with one attached hydrogen (secondary N) is 1. The lowest BCUT2D eigenvalue weighted by Gasteiger charge is -2.28. The van der Waals surface area contributed by atoms with Gasteiger partial charge in [-0.3, -0.25) is 9.48 Å². The van der Waals surface area contributed by atoms with Gasteiger partial charge in [-0.15, -0.1) is 0 Å². The van der Waals surface area contributed by atoms with Gasteiger partial charge in [-0.2, -0.15) is 5.10 Å². The number of rotatable bonds is 6. The maximum absolute atomic E-state index is 13.4. The van der Waals surface area contributed by atoms with Crippen LogP contribution in [0.25, 0.3) is 0 Å². The maximum Gasteiger partial charge on any atom is 0.274 e. The first-order valence-corrected chi connectivity index (χ1v) is 10.6. The van der Waals surface area contributed by atoms with Gasteiger partial charge in [-0.05, 0) is 56.8 Å². The predicted molar refractivity (Wildman–Crippen MR) is 109 cm³/mol. The molecule has 0 spiro atoms. The predicted octanol–water partition coefficient (Wildman–Crippen LogP) is 2.20. The van der Waals surface area contributed by atoms with Crippen LogP contribution in [0.4, 0.5) is 4.39 Å². The molecule has 156 valence electrons. The summed E-state index contributed by atoms with van der Waals surface area (Å²) in [4.78, 5) is 14.9. The number of aromatic nitrogens is 2. The Labute approximate surface area is 171 Å². The molecule has 1 aliphatic carbocycles. The fourth-order valence-corrected chi connectivity index (χ4v) is 4.32. The van der Waals surface area contributed by atoms with Gasteiger partial charge in [0.1, 0.15) is 5.82 Å². The second-order valence-corrected chi connectivity index (χ2v) is 7.77. The highest BCUT2D eigenvalue weighted by atomic mass is 19.1. The molecule has 1 fully saturated rings. The molecule has 1 atom stereocenters. The molecule has 1 amide bonds. The number of fused-ring (bicyclic) bond motifs is 1. The minimum Gasteiger partial charge on any atom is -0.378 e. The first-order chi connectivity index (χ1) is 14.2. The second-order valence-electron chi connectivity index (χ2n) is 7.77. The normalized spacial score (nSPS) is 19.2. The largest absolute Gasteiger partial charge is 0.378 e. The Bertz CT molecular complexity index is 860. The molecular formula is C22H29FN4O2. The van der Waals surface area contributed by atoms with Gasteiger partial charge in [0, 0.05) is 36.9 Å². The number of aryl methyl sites for hydroxylation is 1. The Kier molecular flexibility index (Phi) is 6.25. The van der Waals surface area contributed by atoms with Crippen molar-refractivity contribution in [1.82, 2.24) is 20.0 Å². The summed E-state index contributed by atoms with van der Waals surface area (Å²) in [5.74, 6) is -0.166. The molecule has 0 unspecified atom stereocenters. The zero-order valence-electron chi connectivity index (χ0n) is 17.0. The van der Waals surface area contributed by atoms with Gasteiger partial charge in [0.25, 0.3) is 5.91 Å². The number of benzene rings is 1. The summed E-state index contributed by atoms with van der Waals surface area (Å²) < 4.78 is 20.7. The Morgan fingerprint density at radius 3 is 2.93 bits per heavy atom. The van der Waals surface area contributed by atoms with Crippen LogP contribution in [0.1, 0.15) is 40.7 Å².